The number of benzene rings is 1. The monoisotopic (exact) mass is 358 g/mol. The number of likely N-dealkylation sites (tertiary alicyclic amines) is 1. The van der Waals surface area contributed by atoms with Gasteiger partial charge in [-0.05, 0) is 43.6 Å². The van der Waals surface area contributed by atoms with Gasteiger partial charge in [0.05, 0.1) is 6.54 Å². The molecule has 0 saturated carbocycles. The normalized spacial score (nSPS) is 17.3. The average molecular weight is 358 g/mol. The van der Waals surface area contributed by atoms with E-state index in [2.05, 4.69) is 15.2 Å². The summed E-state index contributed by atoms with van der Waals surface area (Å²) >= 11 is 0. The number of aryl methyl sites for hydroxylation is 1. The third-order valence-electron chi connectivity index (χ3n) is 4.94. The Morgan fingerprint density at radius 3 is 2.42 bits per heavy atom. The second-order valence-corrected chi connectivity index (χ2v) is 6.99. The number of amides is 1. The summed E-state index contributed by atoms with van der Waals surface area (Å²) in [7, 11) is 1.89. The number of nitrogens with zero attached hydrogens (tertiary/aromatic N) is 3. The summed E-state index contributed by atoms with van der Waals surface area (Å²) in [5.74, 6) is 0.417. The molecule has 1 aliphatic rings. The Kier molecular flexibility index (Phi) is 6.39. The number of hydrogen-bond donors (Lipinski definition) is 1. The Hall–Kier alpha value is -2.21. The first kappa shape index (κ1) is 18.6. The van der Waals surface area contributed by atoms with Crippen LogP contribution in [0.4, 0.5) is 4.39 Å². The second-order valence-electron chi connectivity index (χ2n) is 6.99. The topological polar surface area (TPSA) is 50.2 Å². The second kappa shape index (κ2) is 8.94. The first-order chi connectivity index (χ1) is 12.6. The molecule has 2 heterocycles. The first-order valence-corrected chi connectivity index (χ1v) is 9.38. The molecule has 0 radical (unpaired) electrons. The van der Waals surface area contributed by atoms with Gasteiger partial charge in [0.25, 0.3) is 0 Å². The van der Waals surface area contributed by atoms with Crippen LogP contribution in [-0.2, 0) is 11.8 Å². The predicted octanol–water partition coefficient (Wildman–Crippen LogP) is 3.03. The molecule has 3 rings (SSSR count). The van der Waals surface area contributed by atoms with Gasteiger partial charge in [0, 0.05) is 19.4 Å². The van der Waals surface area contributed by atoms with Gasteiger partial charge >= 0.3 is 0 Å². The van der Waals surface area contributed by atoms with E-state index in [4.69, 9.17) is 0 Å². The molecule has 1 amide bonds. The number of carbonyl (C=O) groups is 1. The standard InChI is InChI=1S/C20H27FN4O/c1-24-14-11-22-20(24)19(16-7-9-17(21)10-8-16)23-18(26)15-25-12-5-3-2-4-6-13-25/h7-11,14,19H,2-6,12-13,15H2,1H3,(H,23,26)/t19-/m1/s1. The smallest absolute Gasteiger partial charge is 0.235 e. The maximum atomic E-state index is 13.3. The number of aromatic nitrogens is 2. The van der Waals surface area contributed by atoms with Crippen LogP contribution >= 0.6 is 0 Å². The van der Waals surface area contributed by atoms with Crippen molar-refractivity contribution in [1.29, 1.82) is 0 Å². The molecule has 0 bridgehead atoms. The van der Waals surface area contributed by atoms with E-state index in [1.165, 1.54) is 31.4 Å². The highest BCUT2D eigenvalue weighted by Crippen LogP contribution is 2.21. The lowest BCUT2D eigenvalue weighted by atomic mass is 10.1. The SMILES string of the molecule is Cn1ccnc1[C@H](NC(=O)CN1CCCCCCC1)c1ccc(F)cc1. The summed E-state index contributed by atoms with van der Waals surface area (Å²) in [5, 5.41) is 3.09. The largest absolute Gasteiger partial charge is 0.341 e. The molecule has 5 nitrogen and oxygen atoms in total. The van der Waals surface area contributed by atoms with E-state index >= 15 is 0 Å². The molecule has 6 heteroatoms. The Morgan fingerprint density at radius 2 is 1.81 bits per heavy atom. The fourth-order valence-electron chi connectivity index (χ4n) is 3.49. The van der Waals surface area contributed by atoms with Crippen molar-refractivity contribution in [3.63, 3.8) is 0 Å². The van der Waals surface area contributed by atoms with E-state index in [9.17, 15) is 9.18 Å². The minimum atomic E-state index is -0.391. The summed E-state index contributed by atoms with van der Waals surface area (Å²) in [6.45, 7) is 2.33. The van der Waals surface area contributed by atoms with Gasteiger partial charge in [-0.3, -0.25) is 9.69 Å². The Bertz CT molecular complexity index is 705. The van der Waals surface area contributed by atoms with Crippen molar-refractivity contribution in [2.45, 2.75) is 38.1 Å². The van der Waals surface area contributed by atoms with Crippen molar-refractivity contribution in [2.24, 2.45) is 7.05 Å². The zero-order valence-electron chi connectivity index (χ0n) is 15.3. The number of imidazole rings is 1. The van der Waals surface area contributed by atoms with Crippen molar-refractivity contribution < 1.29 is 9.18 Å². The van der Waals surface area contributed by atoms with Gasteiger partial charge in [-0.25, -0.2) is 9.37 Å². The lowest BCUT2D eigenvalue weighted by molar-refractivity contribution is -0.122. The van der Waals surface area contributed by atoms with Crippen LogP contribution in [-0.4, -0.2) is 40.0 Å². The molecule has 1 aromatic heterocycles. The maximum Gasteiger partial charge on any atom is 0.235 e. The molecule has 1 aromatic carbocycles. The Balaban J connectivity index is 1.71. The third kappa shape index (κ3) is 4.91. The minimum Gasteiger partial charge on any atom is -0.341 e. The van der Waals surface area contributed by atoms with Crippen molar-refractivity contribution >= 4 is 5.91 Å². The molecule has 1 atom stereocenters. The quantitative estimate of drug-likeness (QED) is 0.894. The van der Waals surface area contributed by atoms with Crippen molar-refractivity contribution in [1.82, 2.24) is 19.8 Å². The number of rotatable bonds is 5. The van der Waals surface area contributed by atoms with Gasteiger partial charge in [-0.15, -0.1) is 0 Å². The molecule has 2 aromatic rings. The van der Waals surface area contributed by atoms with Crippen LogP contribution in [0.1, 0.15) is 49.5 Å². The molecule has 1 saturated heterocycles. The van der Waals surface area contributed by atoms with Gasteiger partial charge in [-0.1, -0.05) is 31.4 Å². The number of carbonyl (C=O) groups excluding carboxylic acids is 1. The highest BCUT2D eigenvalue weighted by molar-refractivity contribution is 5.78. The molecular weight excluding hydrogens is 331 g/mol. The molecule has 0 aliphatic carbocycles. The Labute approximate surface area is 154 Å². The van der Waals surface area contributed by atoms with Gasteiger partial charge < -0.3 is 9.88 Å². The Morgan fingerprint density at radius 1 is 1.15 bits per heavy atom. The van der Waals surface area contributed by atoms with Gasteiger partial charge in [0.15, 0.2) is 0 Å². The highest BCUT2D eigenvalue weighted by atomic mass is 19.1. The highest BCUT2D eigenvalue weighted by Gasteiger charge is 2.22. The molecule has 1 fully saturated rings. The summed E-state index contributed by atoms with van der Waals surface area (Å²) in [4.78, 5) is 19.3. The van der Waals surface area contributed by atoms with Gasteiger partial charge in [0.2, 0.25) is 5.91 Å². The summed E-state index contributed by atoms with van der Waals surface area (Å²) in [6, 6.07) is 5.83. The van der Waals surface area contributed by atoms with E-state index < -0.39 is 6.04 Å². The lowest BCUT2D eigenvalue weighted by Gasteiger charge is -2.25. The third-order valence-corrected chi connectivity index (χ3v) is 4.94. The number of nitrogens with one attached hydrogen (secondary N) is 1. The maximum absolute atomic E-state index is 13.3. The van der Waals surface area contributed by atoms with E-state index in [0.29, 0.717) is 6.54 Å². The van der Waals surface area contributed by atoms with Crippen LogP contribution in [0, 0.1) is 5.82 Å². The molecule has 1 N–H and O–H groups in total. The van der Waals surface area contributed by atoms with Gasteiger partial charge in [-0.2, -0.15) is 0 Å². The van der Waals surface area contributed by atoms with Crippen LogP contribution in [0.25, 0.3) is 0 Å². The van der Waals surface area contributed by atoms with Crippen LogP contribution in [0.5, 0.6) is 0 Å². The summed E-state index contributed by atoms with van der Waals surface area (Å²) in [6.07, 6.45) is 9.62. The molecule has 0 unspecified atom stereocenters. The van der Waals surface area contributed by atoms with Crippen LogP contribution in [0.2, 0.25) is 0 Å². The van der Waals surface area contributed by atoms with Crippen LogP contribution < -0.4 is 5.32 Å². The molecule has 1 aliphatic heterocycles. The minimum absolute atomic E-state index is 0.0251. The van der Waals surface area contributed by atoms with Crippen LogP contribution in [0.3, 0.4) is 0 Å². The van der Waals surface area contributed by atoms with E-state index in [0.717, 1.165) is 37.3 Å². The fraction of sp³-hybridized carbons (Fsp3) is 0.500. The average Bonchev–Trinajstić information content (AvgIpc) is 3.02. The van der Waals surface area contributed by atoms with Crippen LogP contribution in [0.15, 0.2) is 36.7 Å². The molecule has 140 valence electrons. The predicted molar refractivity (Wildman–Crippen MR) is 99.1 cm³/mol. The molecular formula is C20H27FN4O. The number of hydrogen-bond acceptors (Lipinski definition) is 3. The fourth-order valence-corrected chi connectivity index (χ4v) is 3.49. The van der Waals surface area contributed by atoms with Crippen molar-refractivity contribution in [3.05, 3.63) is 53.9 Å². The summed E-state index contributed by atoms with van der Waals surface area (Å²) < 4.78 is 15.2. The van der Waals surface area contributed by atoms with Crippen molar-refractivity contribution in [3.8, 4) is 0 Å². The molecule has 26 heavy (non-hydrogen) atoms. The first-order valence-electron chi connectivity index (χ1n) is 9.38. The number of halogens is 1. The zero-order valence-corrected chi connectivity index (χ0v) is 15.3. The zero-order chi connectivity index (χ0) is 18.4. The lowest BCUT2D eigenvalue weighted by Crippen LogP contribution is -2.41. The molecule has 0 spiro atoms. The summed E-state index contributed by atoms with van der Waals surface area (Å²) in [5.41, 5.74) is 0.821. The van der Waals surface area contributed by atoms with Crippen molar-refractivity contribution in [2.75, 3.05) is 19.6 Å². The van der Waals surface area contributed by atoms with Gasteiger partial charge in [0.1, 0.15) is 17.7 Å². The van der Waals surface area contributed by atoms with E-state index in [1.807, 2.05) is 17.8 Å². The van der Waals surface area contributed by atoms with E-state index in [1.54, 1.807) is 18.3 Å². The van der Waals surface area contributed by atoms with E-state index in [-0.39, 0.29) is 11.7 Å².